The number of piperidine rings is 1. The summed E-state index contributed by atoms with van der Waals surface area (Å²) in [7, 11) is 0. The fraction of sp³-hybridized carbons (Fsp3) is 0.500. The van der Waals surface area contributed by atoms with E-state index in [0.717, 1.165) is 31.5 Å². The van der Waals surface area contributed by atoms with Crippen molar-refractivity contribution >= 4 is 5.91 Å². The molecule has 1 fully saturated rings. The lowest BCUT2D eigenvalue weighted by Crippen LogP contribution is -2.51. The van der Waals surface area contributed by atoms with Gasteiger partial charge in [0.15, 0.2) is 0 Å². The Bertz CT molecular complexity index is 505. The van der Waals surface area contributed by atoms with Gasteiger partial charge in [0.2, 0.25) is 0 Å². The quantitative estimate of drug-likeness (QED) is 0.902. The van der Waals surface area contributed by atoms with E-state index < -0.39 is 18.0 Å². The van der Waals surface area contributed by atoms with Gasteiger partial charge >= 0.3 is 6.36 Å². The summed E-state index contributed by atoms with van der Waals surface area (Å²) < 4.78 is 40.3. The normalized spacial score (nSPS) is 22.7. The van der Waals surface area contributed by atoms with Crippen LogP contribution in [0.15, 0.2) is 24.3 Å². The van der Waals surface area contributed by atoms with Gasteiger partial charge in [0.25, 0.3) is 5.91 Å². The number of hydrogen-bond donors (Lipinski definition) is 2. The van der Waals surface area contributed by atoms with Gasteiger partial charge in [-0.05, 0) is 44.5 Å². The number of benzene rings is 1. The number of nitrogens with one attached hydrogen (secondary N) is 2. The van der Waals surface area contributed by atoms with Crippen molar-refractivity contribution in [2.45, 2.75) is 38.2 Å². The van der Waals surface area contributed by atoms with Crippen LogP contribution in [-0.4, -0.2) is 30.9 Å². The van der Waals surface area contributed by atoms with Crippen molar-refractivity contribution in [3.05, 3.63) is 29.8 Å². The molecule has 4 nitrogen and oxygen atoms in total. The van der Waals surface area contributed by atoms with E-state index in [9.17, 15) is 18.0 Å². The molecule has 1 aromatic carbocycles. The second kappa shape index (κ2) is 6.34. The van der Waals surface area contributed by atoms with Crippen LogP contribution in [0.1, 0.15) is 30.1 Å². The number of ether oxygens (including phenoxy) is 1. The third-order valence-corrected chi connectivity index (χ3v) is 3.41. The Labute approximate surface area is 120 Å². The average Bonchev–Trinajstić information content (AvgIpc) is 2.39. The van der Waals surface area contributed by atoms with Crippen molar-refractivity contribution in [1.29, 1.82) is 0 Å². The molecule has 116 valence electrons. The topological polar surface area (TPSA) is 50.4 Å². The summed E-state index contributed by atoms with van der Waals surface area (Å²) in [6.07, 6.45) is -2.97. The zero-order valence-electron chi connectivity index (χ0n) is 11.5. The number of carbonyl (C=O) groups is 1. The van der Waals surface area contributed by atoms with Crippen molar-refractivity contribution in [3.63, 3.8) is 0 Å². The molecule has 1 amide bonds. The lowest BCUT2D eigenvalue weighted by Gasteiger charge is -2.30. The van der Waals surface area contributed by atoms with E-state index in [4.69, 9.17) is 0 Å². The molecule has 2 rings (SSSR count). The number of alkyl halides is 3. The molecule has 1 aliphatic heterocycles. The smallest absolute Gasteiger partial charge is 0.406 e. The Morgan fingerprint density at radius 3 is 2.86 bits per heavy atom. The molecule has 1 saturated heterocycles. The summed E-state index contributed by atoms with van der Waals surface area (Å²) in [4.78, 5) is 12.1. The second-order valence-electron chi connectivity index (χ2n) is 5.04. The lowest BCUT2D eigenvalue weighted by molar-refractivity contribution is -0.274. The number of hydrogen-bond acceptors (Lipinski definition) is 3. The van der Waals surface area contributed by atoms with Crippen molar-refractivity contribution in [1.82, 2.24) is 10.6 Å². The summed E-state index contributed by atoms with van der Waals surface area (Å²) in [5.41, 5.74) is 0.148. The zero-order valence-corrected chi connectivity index (χ0v) is 11.5. The molecule has 0 saturated carbocycles. The molecular weight excluding hydrogens is 285 g/mol. The first kappa shape index (κ1) is 15.6. The predicted octanol–water partition coefficient (Wildman–Crippen LogP) is 2.46. The minimum atomic E-state index is -4.77. The first-order valence-electron chi connectivity index (χ1n) is 6.75. The molecule has 7 heteroatoms. The van der Waals surface area contributed by atoms with Crippen LogP contribution >= 0.6 is 0 Å². The van der Waals surface area contributed by atoms with E-state index in [2.05, 4.69) is 15.4 Å². The van der Waals surface area contributed by atoms with Gasteiger partial charge in [-0.3, -0.25) is 4.79 Å². The third-order valence-electron chi connectivity index (χ3n) is 3.41. The van der Waals surface area contributed by atoms with Crippen LogP contribution in [0.3, 0.4) is 0 Å². The van der Waals surface area contributed by atoms with Crippen molar-refractivity contribution < 1.29 is 22.7 Å². The van der Waals surface area contributed by atoms with E-state index >= 15 is 0 Å². The highest BCUT2D eigenvalue weighted by molar-refractivity contribution is 5.94. The fourth-order valence-corrected chi connectivity index (χ4v) is 2.33. The largest absolute Gasteiger partial charge is 0.573 e. The summed E-state index contributed by atoms with van der Waals surface area (Å²) in [5, 5.41) is 6.08. The van der Waals surface area contributed by atoms with Crippen LogP contribution < -0.4 is 15.4 Å². The van der Waals surface area contributed by atoms with Crippen LogP contribution in [0, 0.1) is 0 Å². The van der Waals surface area contributed by atoms with Crippen LogP contribution in [0.2, 0.25) is 0 Å². The number of rotatable bonds is 3. The Hall–Kier alpha value is -1.76. The molecule has 0 spiro atoms. The summed E-state index contributed by atoms with van der Waals surface area (Å²) in [6.45, 7) is 2.87. The summed E-state index contributed by atoms with van der Waals surface area (Å²) in [5.74, 6) is -0.798. The molecule has 0 bridgehead atoms. The molecule has 0 aliphatic carbocycles. The average molecular weight is 302 g/mol. The second-order valence-corrected chi connectivity index (χ2v) is 5.04. The van der Waals surface area contributed by atoms with E-state index in [1.165, 1.54) is 12.1 Å². The first-order valence-corrected chi connectivity index (χ1v) is 6.75. The molecule has 21 heavy (non-hydrogen) atoms. The van der Waals surface area contributed by atoms with Gasteiger partial charge in [0.05, 0.1) is 0 Å². The number of halogens is 3. The Kier molecular flexibility index (Phi) is 4.72. The van der Waals surface area contributed by atoms with E-state index in [-0.39, 0.29) is 17.6 Å². The van der Waals surface area contributed by atoms with Crippen LogP contribution in [0.25, 0.3) is 0 Å². The van der Waals surface area contributed by atoms with Gasteiger partial charge in [-0.2, -0.15) is 0 Å². The molecule has 0 aromatic heterocycles. The molecule has 1 aromatic rings. The van der Waals surface area contributed by atoms with Crippen LogP contribution in [-0.2, 0) is 0 Å². The molecule has 1 heterocycles. The SMILES string of the molecule is CC1NCCCC1NC(=O)c1cccc(OC(F)(F)F)c1. The maximum absolute atomic E-state index is 12.2. The highest BCUT2D eigenvalue weighted by Crippen LogP contribution is 2.23. The minimum absolute atomic E-state index is 0.0292. The van der Waals surface area contributed by atoms with Gasteiger partial charge in [0, 0.05) is 17.6 Å². The van der Waals surface area contributed by atoms with Gasteiger partial charge in [-0.25, -0.2) is 0 Å². The highest BCUT2D eigenvalue weighted by atomic mass is 19.4. The molecule has 0 radical (unpaired) electrons. The minimum Gasteiger partial charge on any atom is -0.406 e. The van der Waals surface area contributed by atoms with Crippen molar-refractivity contribution in [3.8, 4) is 5.75 Å². The first-order chi connectivity index (χ1) is 9.85. The fourth-order valence-electron chi connectivity index (χ4n) is 2.33. The molecule has 2 unspecified atom stereocenters. The number of amides is 1. The van der Waals surface area contributed by atoms with Gasteiger partial charge in [-0.1, -0.05) is 6.07 Å². The maximum Gasteiger partial charge on any atom is 0.573 e. The Balaban J connectivity index is 2.03. The zero-order chi connectivity index (χ0) is 15.5. The van der Waals surface area contributed by atoms with Gasteiger partial charge in [-0.15, -0.1) is 13.2 Å². The van der Waals surface area contributed by atoms with Gasteiger partial charge < -0.3 is 15.4 Å². The Morgan fingerprint density at radius 1 is 1.43 bits per heavy atom. The summed E-state index contributed by atoms with van der Waals surface area (Å²) >= 11 is 0. The number of carbonyl (C=O) groups excluding carboxylic acids is 1. The predicted molar refractivity (Wildman–Crippen MR) is 71.1 cm³/mol. The molecule has 2 atom stereocenters. The third kappa shape index (κ3) is 4.63. The van der Waals surface area contributed by atoms with E-state index in [1.807, 2.05) is 6.92 Å². The standard InChI is InChI=1S/C14H17F3N2O2/c1-9-12(6-3-7-18-9)19-13(20)10-4-2-5-11(8-10)21-14(15,16)17/h2,4-5,8-9,12,18H,3,6-7H2,1H3,(H,19,20). The van der Waals surface area contributed by atoms with Crippen LogP contribution in [0.5, 0.6) is 5.75 Å². The lowest BCUT2D eigenvalue weighted by atomic mass is 9.99. The Morgan fingerprint density at radius 2 is 2.19 bits per heavy atom. The molecule has 1 aliphatic rings. The van der Waals surface area contributed by atoms with E-state index in [1.54, 1.807) is 0 Å². The molecule has 2 N–H and O–H groups in total. The highest BCUT2D eigenvalue weighted by Gasteiger charge is 2.31. The van der Waals surface area contributed by atoms with Gasteiger partial charge in [0.1, 0.15) is 5.75 Å². The monoisotopic (exact) mass is 302 g/mol. The van der Waals surface area contributed by atoms with Crippen molar-refractivity contribution in [2.75, 3.05) is 6.54 Å². The molecular formula is C14H17F3N2O2. The summed E-state index contributed by atoms with van der Waals surface area (Å²) in [6, 6.07) is 5.17. The van der Waals surface area contributed by atoms with Crippen molar-refractivity contribution in [2.24, 2.45) is 0 Å². The maximum atomic E-state index is 12.2. The van der Waals surface area contributed by atoms with E-state index in [0.29, 0.717) is 0 Å². The van der Waals surface area contributed by atoms with Crippen LogP contribution in [0.4, 0.5) is 13.2 Å².